The average molecular weight is 323 g/mol. The van der Waals surface area contributed by atoms with Gasteiger partial charge in [-0.15, -0.1) is 0 Å². The Bertz CT molecular complexity index is 761. The van der Waals surface area contributed by atoms with Crippen LogP contribution in [0.2, 0.25) is 0 Å². The Kier molecular flexibility index (Phi) is 4.22. The molecule has 7 heteroatoms. The number of hydrogen-bond acceptors (Lipinski definition) is 2. The molecule has 2 aromatic rings. The molecule has 0 aliphatic heterocycles. The summed E-state index contributed by atoms with van der Waals surface area (Å²) in [7, 11) is 6.03. The zero-order valence-corrected chi connectivity index (χ0v) is 13.4. The molecule has 0 saturated heterocycles. The van der Waals surface area contributed by atoms with Crippen LogP contribution in [0.4, 0.5) is 13.2 Å². The smallest absolute Gasteiger partial charge is 0.326 e. The molecule has 0 N–H and O–H groups in total. The monoisotopic (exact) mass is 323 g/mol. The lowest BCUT2D eigenvalue weighted by Crippen LogP contribution is -2.34. The van der Waals surface area contributed by atoms with E-state index in [2.05, 4.69) is 4.98 Å². The van der Waals surface area contributed by atoms with Crippen molar-refractivity contribution in [1.82, 2.24) is 9.55 Å². The zero-order valence-electron chi connectivity index (χ0n) is 13.4. The summed E-state index contributed by atoms with van der Waals surface area (Å²) in [4.78, 5) is 4.25. The van der Waals surface area contributed by atoms with Crippen molar-refractivity contribution in [2.45, 2.75) is 19.6 Å². The minimum Gasteiger partial charge on any atom is -0.326 e. The molecule has 1 heterocycles. The number of nitriles is 1. The fraction of sp³-hybridized carbons (Fsp3) is 0.375. The van der Waals surface area contributed by atoms with Crippen LogP contribution in [-0.2, 0) is 12.7 Å². The number of aryl methyl sites for hydroxylation is 1. The van der Waals surface area contributed by atoms with Gasteiger partial charge in [0, 0.05) is 0 Å². The quantitative estimate of drug-likeness (QED) is 0.814. The Morgan fingerprint density at radius 2 is 1.91 bits per heavy atom. The Labute approximate surface area is 133 Å². The van der Waals surface area contributed by atoms with Gasteiger partial charge < -0.3 is 4.48 Å². The molecule has 2 rings (SSSR count). The van der Waals surface area contributed by atoms with Gasteiger partial charge >= 0.3 is 6.18 Å². The van der Waals surface area contributed by atoms with Gasteiger partial charge in [0.2, 0.25) is 0 Å². The highest BCUT2D eigenvalue weighted by Crippen LogP contribution is 2.31. The van der Waals surface area contributed by atoms with Crippen molar-refractivity contribution in [1.29, 1.82) is 5.26 Å². The van der Waals surface area contributed by atoms with Gasteiger partial charge in [-0.25, -0.2) is 4.98 Å². The first-order chi connectivity index (χ1) is 10.5. The largest absolute Gasteiger partial charge is 0.416 e. The number of imidazole rings is 1. The second-order valence-electron chi connectivity index (χ2n) is 6.44. The van der Waals surface area contributed by atoms with Crippen LogP contribution in [0, 0.1) is 18.3 Å². The number of alkyl halides is 3. The molecule has 0 fully saturated rings. The maximum Gasteiger partial charge on any atom is 0.416 e. The van der Waals surface area contributed by atoms with E-state index in [1.54, 1.807) is 10.9 Å². The highest BCUT2D eigenvalue weighted by molar-refractivity contribution is 5.52. The third kappa shape index (κ3) is 3.71. The molecule has 0 bridgehead atoms. The van der Waals surface area contributed by atoms with E-state index in [1.165, 1.54) is 6.07 Å². The van der Waals surface area contributed by atoms with Crippen LogP contribution in [0.1, 0.15) is 22.5 Å². The highest BCUT2D eigenvalue weighted by atomic mass is 19.4. The van der Waals surface area contributed by atoms with Crippen molar-refractivity contribution in [3.05, 3.63) is 47.0 Å². The van der Waals surface area contributed by atoms with E-state index >= 15 is 0 Å². The fourth-order valence-electron chi connectivity index (χ4n) is 2.32. The maximum atomic E-state index is 12.8. The molecule has 1 aromatic heterocycles. The molecule has 0 aliphatic carbocycles. The van der Waals surface area contributed by atoms with E-state index in [4.69, 9.17) is 0 Å². The normalized spacial score (nSPS) is 12.3. The summed E-state index contributed by atoms with van der Waals surface area (Å²) in [6.07, 6.45) is -2.93. The van der Waals surface area contributed by atoms with Crippen LogP contribution in [-0.4, -0.2) is 35.2 Å². The van der Waals surface area contributed by atoms with E-state index in [0.29, 0.717) is 16.7 Å². The highest BCUT2D eigenvalue weighted by Gasteiger charge is 2.31. The van der Waals surface area contributed by atoms with Gasteiger partial charge in [-0.2, -0.15) is 18.4 Å². The van der Waals surface area contributed by atoms with E-state index in [9.17, 15) is 18.4 Å². The predicted octanol–water partition coefficient (Wildman–Crippen LogP) is 3.28. The third-order valence-corrected chi connectivity index (χ3v) is 3.40. The first kappa shape index (κ1) is 17.0. The number of hydrogen-bond donors (Lipinski definition) is 0. The van der Waals surface area contributed by atoms with Crippen molar-refractivity contribution in [2.75, 3.05) is 21.1 Å². The SMILES string of the molecule is Cc1ncn(-c2ccc(C(F)(F)F)cc2C#N)c1C[N+](C)(C)C. The summed E-state index contributed by atoms with van der Waals surface area (Å²) in [5.74, 6) is 0. The van der Waals surface area contributed by atoms with Gasteiger partial charge in [0.1, 0.15) is 18.3 Å². The molecule has 1 aromatic carbocycles. The van der Waals surface area contributed by atoms with Crippen LogP contribution in [0.15, 0.2) is 24.5 Å². The van der Waals surface area contributed by atoms with Crippen molar-refractivity contribution < 1.29 is 17.7 Å². The molecule has 0 radical (unpaired) electrons. The van der Waals surface area contributed by atoms with Crippen molar-refractivity contribution >= 4 is 0 Å². The Hall–Kier alpha value is -2.33. The van der Waals surface area contributed by atoms with Crippen LogP contribution < -0.4 is 0 Å². The molecule has 23 heavy (non-hydrogen) atoms. The molecule has 0 atom stereocenters. The molecular weight excluding hydrogens is 305 g/mol. The lowest BCUT2D eigenvalue weighted by Gasteiger charge is -2.25. The zero-order chi connectivity index (χ0) is 17.4. The van der Waals surface area contributed by atoms with Crippen molar-refractivity contribution in [3.8, 4) is 11.8 Å². The van der Waals surface area contributed by atoms with Gasteiger partial charge in [-0.05, 0) is 25.1 Å². The summed E-state index contributed by atoms with van der Waals surface area (Å²) >= 11 is 0. The Morgan fingerprint density at radius 1 is 1.26 bits per heavy atom. The van der Waals surface area contributed by atoms with Gasteiger partial charge in [-0.1, -0.05) is 0 Å². The van der Waals surface area contributed by atoms with Crippen molar-refractivity contribution in [3.63, 3.8) is 0 Å². The Morgan fingerprint density at radius 3 is 2.43 bits per heavy atom. The summed E-state index contributed by atoms with van der Waals surface area (Å²) in [5.41, 5.74) is 1.21. The fourth-order valence-corrected chi connectivity index (χ4v) is 2.32. The van der Waals surface area contributed by atoms with Gasteiger partial charge in [0.05, 0.1) is 50.0 Å². The Balaban J connectivity index is 2.58. The number of benzene rings is 1. The van der Waals surface area contributed by atoms with Crippen LogP contribution in [0.5, 0.6) is 0 Å². The summed E-state index contributed by atoms with van der Waals surface area (Å²) in [6.45, 7) is 2.48. The number of quaternary nitrogens is 1. The molecule has 0 amide bonds. The minimum atomic E-state index is -4.47. The molecule has 0 aliphatic rings. The molecule has 0 spiro atoms. The van der Waals surface area contributed by atoms with E-state index in [1.807, 2.05) is 34.1 Å². The van der Waals surface area contributed by atoms with Gasteiger partial charge in [0.15, 0.2) is 0 Å². The second-order valence-corrected chi connectivity index (χ2v) is 6.44. The van der Waals surface area contributed by atoms with Gasteiger partial charge in [-0.3, -0.25) is 4.57 Å². The molecule has 0 unspecified atom stereocenters. The lowest BCUT2D eigenvalue weighted by atomic mass is 10.1. The maximum absolute atomic E-state index is 12.8. The summed E-state index contributed by atoms with van der Waals surface area (Å²) < 4.78 is 40.8. The van der Waals surface area contributed by atoms with Crippen LogP contribution in [0.25, 0.3) is 5.69 Å². The van der Waals surface area contributed by atoms with Crippen LogP contribution in [0.3, 0.4) is 0 Å². The van der Waals surface area contributed by atoms with Crippen LogP contribution >= 0.6 is 0 Å². The first-order valence-corrected chi connectivity index (χ1v) is 6.98. The number of nitrogens with zero attached hydrogens (tertiary/aromatic N) is 4. The standard InChI is InChI=1S/C16H18F3N4/c1-11-15(9-23(2,3)4)22(10-21-11)14-6-5-13(16(17,18)19)7-12(14)8-20/h5-7,10H,9H2,1-4H3/q+1. The van der Waals surface area contributed by atoms with E-state index < -0.39 is 11.7 Å². The van der Waals surface area contributed by atoms with E-state index in [0.717, 1.165) is 23.5 Å². The minimum absolute atomic E-state index is 0.0279. The molecule has 0 saturated carbocycles. The lowest BCUT2D eigenvalue weighted by molar-refractivity contribution is -0.884. The molecule has 4 nitrogen and oxygen atoms in total. The summed E-state index contributed by atoms with van der Waals surface area (Å²) in [5, 5.41) is 9.25. The molecular formula is C16H18F3N4+. The van der Waals surface area contributed by atoms with E-state index in [-0.39, 0.29) is 5.56 Å². The first-order valence-electron chi connectivity index (χ1n) is 6.98. The number of halogens is 3. The topological polar surface area (TPSA) is 41.6 Å². The van der Waals surface area contributed by atoms with Crippen molar-refractivity contribution in [2.24, 2.45) is 0 Å². The third-order valence-electron chi connectivity index (χ3n) is 3.40. The average Bonchev–Trinajstić information content (AvgIpc) is 2.76. The van der Waals surface area contributed by atoms with Gasteiger partial charge in [0.25, 0.3) is 0 Å². The number of rotatable bonds is 3. The molecule has 122 valence electrons. The predicted molar refractivity (Wildman–Crippen MR) is 79.8 cm³/mol. The number of aromatic nitrogens is 2. The summed E-state index contributed by atoms with van der Waals surface area (Å²) in [6, 6.07) is 5.04. The second kappa shape index (κ2) is 5.70.